The minimum absolute atomic E-state index is 0.778. The highest BCUT2D eigenvalue weighted by molar-refractivity contribution is 4.77. The van der Waals surface area contributed by atoms with Crippen LogP contribution in [0.4, 0.5) is 0 Å². The molecular weight excluding hydrogens is 122 g/mol. The maximum Gasteiger partial charge on any atom is 0.00619 e. The first-order chi connectivity index (χ1) is 4.86. The van der Waals surface area contributed by atoms with E-state index in [0.717, 1.165) is 12.0 Å². The van der Waals surface area contributed by atoms with Gasteiger partial charge in [-0.25, -0.2) is 0 Å². The van der Waals surface area contributed by atoms with Crippen molar-refractivity contribution in [1.82, 2.24) is 5.32 Å². The largest absolute Gasteiger partial charge is 0.314 e. The number of nitrogens with one attached hydrogen (secondary N) is 1. The van der Waals surface area contributed by atoms with E-state index in [1.165, 1.54) is 32.2 Å². The molecule has 1 fully saturated rings. The molecule has 0 unspecified atom stereocenters. The molecule has 0 radical (unpaired) electrons. The second-order valence-electron chi connectivity index (χ2n) is 3.37. The van der Waals surface area contributed by atoms with E-state index in [1.54, 1.807) is 0 Å². The zero-order chi connectivity index (χ0) is 7.40. The molecule has 0 aromatic rings. The zero-order valence-electron chi connectivity index (χ0n) is 7.19. The van der Waals surface area contributed by atoms with Gasteiger partial charge in [0.2, 0.25) is 0 Å². The summed E-state index contributed by atoms with van der Waals surface area (Å²) in [6.07, 6.45) is 5.49. The van der Waals surface area contributed by atoms with Crippen molar-refractivity contribution in [2.45, 2.75) is 45.6 Å². The Labute approximate surface area is 64.2 Å². The van der Waals surface area contributed by atoms with Crippen molar-refractivity contribution < 1.29 is 0 Å². The fourth-order valence-corrected chi connectivity index (χ4v) is 1.23. The monoisotopic (exact) mass is 141 g/mol. The van der Waals surface area contributed by atoms with E-state index >= 15 is 0 Å². The SMILES string of the molecule is CCC(CC)NCC1CC1. The second kappa shape index (κ2) is 3.97. The lowest BCUT2D eigenvalue weighted by molar-refractivity contribution is 0.472. The standard InChI is InChI=1S/C9H19N/c1-3-9(4-2)10-7-8-5-6-8/h8-10H,3-7H2,1-2H3. The number of hydrogen-bond donors (Lipinski definition) is 1. The smallest absolute Gasteiger partial charge is 0.00619 e. The van der Waals surface area contributed by atoms with E-state index in [1.807, 2.05) is 0 Å². The maximum absolute atomic E-state index is 3.58. The molecule has 0 heterocycles. The fraction of sp³-hybridized carbons (Fsp3) is 1.00. The van der Waals surface area contributed by atoms with Gasteiger partial charge in [-0.1, -0.05) is 13.8 Å². The molecule has 1 aliphatic rings. The topological polar surface area (TPSA) is 12.0 Å². The van der Waals surface area contributed by atoms with Crippen molar-refractivity contribution in [3.63, 3.8) is 0 Å². The maximum atomic E-state index is 3.58. The van der Waals surface area contributed by atoms with E-state index in [-0.39, 0.29) is 0 Å². The zero-order valence-corrected chi connectivity index (χ0v) is 7.19. The van der Waals surface area contributed by atoms with Crippen LogP contribution in [-0.4, -0.2) is 12.6 Å². The summed E-state index contributed by atoms with van der Waals surface area (Å²) in [4.78, 5) is 0. The van der Waals surface area contributed by atoms with Crippen LogP contribution in [0.15, 0.2) is 0 Å². The predicted octanol–water partition coefficient (Wildman–Crippen LogP) is 2.17. The number of hydrogen-bond acceptors (Lipinski definition) is 1. The van der Waals surface area contributed by atoms with Crippen LogP contribution in [0.2, 0.25) is 0 Å². The van der Waals surface area contributed by atoms with Gasteiger partial charge in [0.15, 0.2) is 0 Å². The third-order valence-corrected chi connectivity index (χ3v) is 2.38. The molecule has 1 N–H and O–H groups in total. The molecule has 0 saturated heterocycles. The number of rotatable bonds is 5. The average molecular weight is 141 g/mol. The van der Waals surface area contributed by atoms with Gasteiger partial charge in [-0.2, -0.15) is 0 Å². The first-order valence-corrected chi connectivity index (χ1v) is 4.60. The van der Waals surface area contributed by atoms with Gasteiger partial charge in [0.1, 0.15) is 0 Å². The van der Waals surface area contributed by atoms with Crippen molar-refractivity contribution in [1.29, 1.82) is 0 Å². The van der Waals surface area contributed by atoms with E-state index in [9.17, 15) is 0 Å². The Balaban J connectivity index is 1.97. The first kappa shape index (κ1) is 8.06. The van der Waals surface area contributed by atoms with E-state index < -0.39 is 0 Å². The molecule has 60 valence electrons. The van der Waals surface area contributed by atoms with Gasteiger partial charge in [-0.05, 0) is 38.1 Å². The fourth-order valence-electron chi connectivity index (χ4n) is 1.23. The van der Waals surface area contributed by atoms with Crippen LogP contribution in [-0.2, 0) is 0 Å². The Hall–Kier alpha value is -0.0400. The van der Waals surface area contributed by atoms with Crippen LogP contribution in [0.5, 0.6) is 0 Å². The average Bonchev–Trinajstić information content (AvgIpc) is 2.74. The van der Waals surface area contributed by atoms with Crippen molar-refractivity contribution in [3.05, 3.63) is 0 Å². The van der Waals surface area contributed by atoms with Crippen LogP contribution >= 0.6 is 0 Å². The van der Waals surface area contributed by atoms with Crippen molar-refractivity contribution in [2.24, 2.45) is 5.92 Å². The molecule has 0 bridgehead atoms. The van der Waals surface area contributed by atoms with Crippen molar-refractivity contribution >= 4 is 0 Å². The predicted molar refractivity (Wildman–Crippen MR) is 45.1 cm³/mol. The molecule has 0 spiro atoms. The summed E-state index contributed by atoms with van der Waals surface area (Å²) >= 11 is 0. The van der Waals surface area contributed by atoms with E-state index in [0.29, 0.717) is 0 Å². The third kappa shape index (κ3) is 2.70. The van der Waals surface area contributed by atoms with Gasteiger partial charge in [0.25, 0.3) is 0 Å². The summed E-state index contributed by atoms with van der Waals surface area (Å²) in [6, 6.07) is 0.778. The molecule has 1 nitrogen and oxygen atoms in total. The third-order valence-electron chi connectivity index (χ3n) is 2.38. The van der Waals surface area contributed by atoms with E-state index in [2.05, 4.69) is 19.2 Å². The molecule has 0 amide bonds. The van der Waals surface area contributed by atoms with Gasteiger partial charge in [0, 0.05) is 6.04 Å². The highest BCUT2D eigenvalue weighted by atomic mass is 14.9. The van der Waals surface area contributed by atoms with Crippen LogP contribution in [0.3, 0.4) is 0 Å². The van der Waals surface area contributed by atoms with Gasteiger partial charge in [-0.3, -0.25) is 0 Å². The molecular formula is C9H19N. The molecule has 0 atom stereocenters. The van der Waals surface area contributed by atoms with Crippen LogP contribution in [0.1, 0.15) is 39.5 Å². The Morgan fingerprint density at radius 2 is 1.90 bits per heavy atom. The Bertz CT molecular complexity index is 82.7. The summed E-state index contributed by atoms with van der Waals surface area (Å²) < 4.78 is 0. The summed E-state index contributed by atoms with van der Waals surface area (Å²) in [7, 11) is 0. The normalized spacial score (nSPS) is 18.3. The lowest BCUT2D eigenvalue weighted by Crippen LogP contribution is -2.29. The first-order valence-electron chi connectivity index (χ1n) is 4.60. The highest BCUT2D eigenvalue weighted by Crippen LogP contribution is 2.27. The van der Waals surface area contributed by atoms with Crippen molar-refractivity contribution in [2.75, 3.05) is 6.54 Å². The van der Waals surface area contributed by atoms with Crippen LogP contribution in [0, 0.1) is 5.92 Å². The van der Waals surface area contributed by atoms with Crippen molar-refractivity contribution in [3.8, 4) is 0 Å². The molecule has 1 aliphatic carbocycles. The molecule has 1 rings (SSSR count). The molecule has 0 aromatic carbocycles. The summed E-state index contributed by atoms with van der Waals surface area (Å²) in [5.74, 6) is 1.03. The molecule has 1 heteroatoms. The van der Waals surface area contributed by atoms with Gasteiger partial charge >= 0.3 is 0 Å². The van der Waals surface area contributed by atoms with Crippen LogP contribution in [0.25, 0.3) is 0 Å². The minimum atomic E-state index is 0.778. The quantitative estimate of drug-likeness (QED) is 0.618. The Kier molecular flexibility index (Phi) is 3.20. The molecule has 10 heavy (non-hydrogen) atoms. The lowest BCUT2D eigenvalue weighted by atomic mass is 10.2. The van der Waals surface area contributed by atoms with E-state index in [4.69, 9.17) is 0 Å². The van der Waals surface area contributed by atoms with Gasteiger partial charge < -0.3 is 5.32 Å². The molecule has 1 saturated carbocycles. The lowest BCUT2D eigenvalue weighted by Gasteiger charge is -2.13. The molecule has 0 aliphatic heterocycles. The second-order valence-corrected chi connectivity index (χ2v) is 3.37. The summed E-state index contributed by atoms with van der Waals surface area (Å²) in [5.41, 5.74) is 0. The van der Waals surface area contributed by atoms with Gasteiger partial charge in [0.05, 0.1) is 0 Å². The Morgan fingerprint density at radius 3 is 2.30 bits per heavy atom. The summed E-state index contributed by atoms with van der Waals surface area (Å²) in [6.45, 7) is 5.79. The summed E-state index contributed by atoms with van der Waals surface area (Å²) in [5, 5.41) is 3.58. The highest BCUT2D eigenvalue weighted by Gasteiger charge is 2.21. The minimum Gasteiger partial charge on any atom is -0.314 e. The van der Waals surface area contributed by atoms with Crippen LogP contribution < -0.4 is 5.32 Å². The molecule has 0 aromatic heterocycles. The van der Waals surface area contributed by atoms with Gasteiger partial charge in [-0.15, -0.1) is 0 Å². The Morgan fingerprint density at radius 1 is 1.30 bits per heavy atom.